The largest absolute Gasteiger partial charge is 1.00 e. The van der Waals surface area contributed by atoms with Crippen LogP contribution in [0.3, 0.4) is 0 Å². The molecule has 0 spiro atoms. The van der Waals surface area contributed by atoms with Gasteiger partial charge in [-0.05, 0) is 18.4 Å². The fourth-order valence-electron chi connectivity index (χ4n) is 3.27. The molecule has 1 fully saturated rings. The molecule has 3 amide bonds. The van der Waals surface area contributed by atoms with E-state index in [1.54, 1.807) is 12.1 Å². The van der Waals surface area contributed by atoms with E-state index in [0.29, 0.717) is 0 Å². The zero-order chi connectivity index (χ0) is 21.3. The van der Waals surface area contributed by atoms with Crippen LogP contribution in [-0.2, 0) is 30.3 Å². The van der Waals surface area contributed by atoms with Crippen LogP contribution in [0.4, 0.5) is 4.79 Å². The minimum Gasteiger partial charge on any atom is -0.543 e. The van der Waals surface area contributed by atoms with E-state index in [1.807, 2.05) is 5.38 Å². The normalized spacial score (nSPS) is 23.6. The Bertz CT molecular complexity index is 892. The van der Waals surface area contributed by atoms with Gasteiger partial charge in [-0.25, -0.2) is 4.79 Å². The number of primary amides is 1. The summed E-state index contributed by atoms with van der Waals surface area (Å²) in [5.41, 5.74) is 3.07. The number of carboxylic acid groups (broad SMARTS) is 1. The molecule has 3 atom stereocenters. The number of nitrogens with one attached hydrogen (secondary N) is 1. The topological polar surface area (TPSA) is 151 Å². The van der Waals surface area contributed by atoms with Gasteiger partial charge in [-0.1, -0.05) is 6.07 Å². The van der Waals surface area contributed by atoms with Crippen molar-refractivity contribution in [2.45, 2.75) is 30.5 Å². The number of hydrogen-bond acceptors (Lipinski definition) is 9. The van der Waals surface area contributed by atoms with Crippen LogP contribution in [0.5, 0.6) is 0 Å². The van der Waals surface area contributed by atoms with Crippen LogP contribution in [0.15, 0.2) is 28.8 Å². The molecule has 10 nitrogen and oxygen atoms in total. The molecule has 3 heterocycles. The van der Waals surface area contributed by atoms with Gasteiger partial charge in [0.1, 0.15) is 11.5 Å². The summed E-state index contributed by atoms with van der Waals surface area (Å²) >= 11 is 2.57. The Hall–Kier alpha value is -1.57. The van der Waals surface area contributed by atoms with E-state index in [1.165, 1.54) is 37.1 Å². The van der Waals surface area contributed by atoms with Gasteiger partial charge in [-0.3, -0.25) is 14.5 Å². The van der Waals surface area contributed by atoms with Gasteiger partial charge in [0, 0.05) is 23.3 Å². The fourth-order valence-corrected chi connectivity index (χ4v) is 5.52. The average Bonchev–Trinajstić information content (AvgIpc) is 3.16. The molecule has 1 aromatic heterocycles. The van der Waals surface area contributed by atoms with Crippen LogP contribution >= 0.6 is 23.1 Å². The Morgan fingerprint density at radius 2 is 2.17 bits per heavy atom. The maximum Gasteiger partial charge on any atom is 1.00 e. The second kappa shape index (κ2) is 9.71. The van der Waals surface area contributed by atoms with Crippen LogP contribution in [-0.4, -0.2) is 58.8 Å². The van der Waals surface area contributed by atoms with E-state index in [2.05, 4.69) is 5.32 Å². The molecule has 0 aliphatic carbocycles. The first-order valence-corrected chi connectivity index (χ1v) is 10.4. The van der Waals surface area contributed by atoms with Crippen LogP contribution in [0, 0.1) is 0 Å². The Labute approximate surface area is 202 Å². The van der Waals surface area contributed by atoms with Gasteiger partial charge < -0.3 is 30.4 Å². The van der Waals surface area contributed by atoms with E-state index in [9.17, 15) is 24.3 Å². The summed E-state index contributed by atoms with van der Waals surface area (Å²) < 4.78 is 10.2. The molecule has 1 unspecified atom stereocenters. The van der Waals surface area contributed by atoms with Crippen LogP contribution in [0.25, 0.3) is 0 Å². The molecule has 2 aliphatic rings. The molecule has 30 heavy (non-hydrogen) atoms. The first-order chi connectivity index (χ1) is 13.7. The second-order valence-corrected chi connectivity index (χ2v) is 8.42. The number of aliphatic carboxylic acids is 1. The number of methoxy groups -OCH3 is 1. The van der Waals surface area contributed by atoms with Crippen molar-refractivity contribution in [3.8, 4) is 0 Å². The summed E-state index contributed by atoms with van der Waals surface area (Å²) in [6.45, 7) is 1.44. The molecular weight excluding hydrogens is 445 g/mol. The molecule has 1 aromatic rings. The number of thiophene rings is 1. The maximum absolute atomic E-state index is 12.9. The van der Waals surface area contributed by atoms with Gasteiger partial charge in [-0.15, -0.1) is 23.1 Å². The summed E-state index contributed by atoms with van der Waals surface area (Å²) in [4.78, 5) is 49.9. The number of carboxylic acids is 1. The molecule has 3 rings (SSSR count). The third-order valence-corrected chi connectivity index (χ3v) is 6.81. The van der Waals surface area contributed by atoms with Gasteiger partial charge in [0.15, 0.2) is 0 Å². The molecule has 1 saturated heterocycles. The van der Waals surface area contributed by atoms with Crippen molar-refractivity contribution in [1.82, 2.24) is 10.2 Å². The molecular formula is C17H18N3NaO7S2. The number of hydrogen-bond donors (Lipinski definition) is 2. The number of carbonyl (C=O) groups is 4. The van der Waals surface area contributed by atoms with E-state index in [4.69, 9.17) is 15.2 Å². The van der Waals surface area contributed by atoms with Gasteiger partial charge in [-0.2, -0.15) is 0 Å². The van der Waals surface area contributed by atoms with Gasteiger partial charge in [0.25, 0.3) is 11.6 Å². The molecule has 13 heteroatoms. The molecule has 0 bridgehead atoms. The maximum atomic E-state index is 12.9. The van der Waals surface area contributed by atoms with Crippen molar-refractivity contribution in [3.63, 3.8) is 0 Å². The van der Waals surface area contributed by atoms with Crippen molar-refractivity contribution in [2.75, 3.05) is 12.9 Å². The number of fused-ring (bicyclic) bond motifs is 1. The van der Waals surface area contributed by atoms with Gasteiger partial charge in [0.2, 0.25) is 5.91 Å². The Kier molecular flexibility index (Phi) is 7.99. The third-order valence-electron chi connectivity index (χ3n) is 4.60. The van der Waals surface area contributed by atoms with Crippen LogP contribution < -0.4 is 45.7 Å². The number of nitrogens with zero attached hydrogens (tertiary/aromatic N) is 1. The molecule has 2 aliphatic heterocycles. The zero-order valence-electron chi connectivity index (χ0n) is 16.5. The average molecular weight is 463 g/mol. The van der Waals surface area contributed by atoms with E-state index in [-0.39, 0.29) is 47.3 Å². The first-order valence-electron chi connectivity index (χ1n) is 8.45. The Morgan fingerprint density at radius 1 is 1.47 bits per heavy atom. The minimum absolute atomic E-state index is 0. The van der Waals surface area contributed by atoms with Crippen molar-refractivity contribution in [3.05, 3.63) is 33.7 Å². The summed E-state index contributed by atoms with van der Waals surface area (Å²) in [6.07, 6.45) is -1.98. The number of ether oxygens (including phenoxy) is 2. The van der Waals surface area contributed by atoms with Crippen LogP contribution in [0.1, 0.15) is 11.8 Å². The number of carbonyl (C=O) groups excluding carboxylic acids is 4. The summed E-state index contributed by atoms with van der Waals surface area (Å²) in [5, 5.41) is 15.4. The Morgan fingerprint density at radius 3 is 2.70 bits per heavy atom. The SMILES string of the molecule is CO[C@@]1(NC(=O)Cc2cccs2)C(=O)N2C(C(=O)[O-])=C(C(C)OC(N)=O)CS[C@H]21.[Na+]. The summed E-state index contributed by atoms with van der Waals surface area (Å²) in [5.74, 6) is -2.68. The smallest absolute Gasteiger partial charge is 0.543 e. The number of thioether (sulfide) groups is 1. The monoisotopic (exact) mass is 463 g/mol. The van der Waals surface area contributed by atoms with Crippen LogP contribution in [0.2, 0.25) is 0 Å². The number of β-lactam (4-membered cyclic amide) rings is 1. The molecule has 0 radical (unpaired) electrons. The summed E-state index contributed by atoms with van der Waals surface area (Å²) in [6, 6.07) is 3.59. The second-order valence-electron chi connectivity index (χ2n) is 6.32. The van der Waals surface area contributed by atoms with E-state index in [0.717, 1.165) is 9.78 Å². The molecule has 0 aromatic carbocycles. The van der Waals surface area contributed by atoms with Crippen molar-refractivity contribution < 1.29 is 63.3 Å². The molecule has 0 saturated carbocycles. The zero-order valence-corrected chi connectivity index (χ0v) is 20.1. The Balaban J connectivity index is 0.00000320. The predicted octanol–water partition coefficient (Wildman–Crippen LogP) is -3.84. The van der Waals surface area contributed by atoms with Crippen molar-refractivity contribution in [1.29, 1.82) is 0 Å². The first kappa shape index (κ1) is 24.7. The quantitative estimate of drug-likeness (QED) is 0.237. The van der Waals surface area contributed by atoms with E-state index < -0.39 is 46.8 Å². The standard InChI is InChI=1S/C17H19N3O7S2.Na/c1-8(27-16(18)25)10-7-29-15-17(26-2,14(24)20(15)12(10)13(22)23)19-11(21)6-9-4-3-5-28-9;/h3-5,8,15H,6-7H2,1-2H3,(H2,18,25)(H,19,21)(H,22,23);/q;+1/p-1/t8?,15-,17-;/m0./s1. The summed E-state index contributed by atoms with van der Waals surface area (Å²) in [7, 11) is 1.26. The third kappa shape index (κ3) is 4.39. The van der Waals surface area contributed by atoms with E-state index >= 15 is 0 Å². The van der Waals surface area contributed by atoms with Crippen molar-refractivity contribution in [2.24, 2.45) is 5.73 Å². The number of amides is 3. The number of rotatable bonds is 7. The molecule has 156 valence electrons. The minimum atomic E-state index is -1.70. The van der Waals surface area contributed by atoms with Gasteiger partial charge >= 0.3 is 35.7 Å². The predicted molar refractivity (Wildman–Crippen MR) is 101 cm³/mol. The number of nitrogens with two attached hydrogens (primary N) is 1. The fraction of sp³-hybridized carbons (Fsp3) is 0.412. The molecule has 3 N–H and O–H groups in total. The van der Waals surface area contributed by atoms with Gasteiger partial charge in [0.05, 0.1) is 18.1 Å². The van der Waals surface area contributed by atoms with Crippen molar-refractivity contribution >= 4 is 47.0 Å².